The molecule has 0 atom stereocenters. The van der Waals surface area contributed by atoms with E-state index in [0.29, 0.717) is 5.15 Å². The number of hydrogen-bond acceptors (Lipinski definition) is 2. The zero-order chi connectivity index (χ0) is 13.3. The number of halogens is 1. The molecule has 2 rings (SSSR count). The number of rotatable bonds is 3. The molecule has 1 heterocycles. The van der Waals surface area contributed by atoms with Crippen molar-refractivity contribution in [1.82, 2.24) is 9.78 Å². The van der Waals surface area contributed by atoms with Gasteiger partial charge < -0.3 is 5.11 Å². The zero-order valence-electron chi connectivity index (χ0n) is 10.9. The van der Waals surface area contributed by atoms with Crippen LogP contribution in [0.3, 0.4) is 0 Å². The zero-order valence-corrected chi connectivity index (χ0v) is 11.6. The number of aromatic nitrogens is 2. The van der Waals surface area contributed by atoms with E-state index < -0.39 is 0 Å². The largest absolute Gasteiger partial charge is 0.391 e. The van der Waals surface area contributed by atoms with Gasteiger partial charge in [0.1, 0.15) is 5.15 Å². The van der Waals surface area contributed by atoms with Gasteiger partial charge in [-0.1, -0.05) is 36.2 Å². The summed E-state index contributed by atoms with van der Waals surface area (Å²) in [6.07, 6.45) is 0.757. The van der Waals surface area contributed by atoms with Crippen molar-refractivity contribution in [3.05, 3.63) is 45.7 Å². The Kier molecular flexibility index (Phi) is 3.73. The fourth-order valence-electron chi connectivity index (χ4n) is 2.12. The Bertz CT molecular complexity index is 575. The van der Waals surface area contributed by atoms with E-state index in [1.807, 2.05) is 26.0 Å². The first-order chi connectivity index (χ1) is 8.58. The number of aliphatic hydroxyl groups excluding tert-OH is 1. The first-order valence-electron chi connectivity index (χ1n) is 6.03. The molecule has 1 N–H and O–H groups in total. The maximum atomic E-state index is 9.37. The van der Waals surface area contributed by atoms with Crippen molar-refractivity contribution in [2.45, 2.75) is 33.8 Å². The molecule has 0 bridgehead atoms. The SMILES string of the molecule is CCc1nn(-c2ccc(C)cc2C)c(Cl)c1CO. The first-order valence-corrected chi connectivity index (χ1v) is 6.41. The van der Waals surface area contributed by atoms with Gasteiger partial charge in [-0.15, -0.1) is 0 Å². The molecule has 18 heavy (non-hydrogen) atoms. The smallest absolute Gasteiger partial charge is 0.138 e. The summed E-state index contributed by atoms with van der Waals surface area (Å²) in [6, 6.07) is 6.13. The van der Waals surface area contributed by atoms with Crippen LogP contribution in [-0.2, 0) is 13.0 Å². The molecule has 0 saturated carbocycles. The van der Waals surface area contributed by atoms with Gasteiger partial charge in [0.2, 0.25) is 0 Å². The van der Waals surface area contributed by atoms with Crippen LogP contribution < -0.4 is 0 Å². The van der Waals surface area contributed by atoms with E-state index in [1.54, 1.807) is 4.68 Å². The molecule has 0 aliphatic heterocycles. The highest BCUT2D eigenvalue weighted by Gasteiger charge is 2.16. The molecule has 2 aromatic rings. The third-order valence-electron chi connectivity index (χ3n) is 3.08. The van der Waals surface area contributed by atoms with Crippen molar-refractivity contribution in [2.75, 3.05) is 0 Å². The van der Waals surface area contributed by atoms with Gasteiger partial charge in [0.25, 0.3) is 0 Å². The highest BCUT2D eigenvalue weighted by Crippen LogP contribution is 2.26. The molecule has 0 fully saturated rings. The minimum atomic E-state index is -0.0765. The molecule has 3 nitrogen and oxygen atoms in total. The van der Waals surface area contributed by atoms with Crippen LogP contribution in [0.2, 0.25) is 5.15 Å². The normalized spacial score (nSPS) is 10.9. The Morgan fingerprint density at radius 1 is 1.33 bits per heavy atom. The Morgan fingerprint density at radius 3 is 2.56 bits per heavy atom. The number of aliphatic hydroxyl groups is 1. The lowest BCUT2D eigenvalue weighted by molar-refractivity contribution is 0.281. The number of nitrogens with zero attached hydrogens (tertiary/aromatic N) is 2. The van der Waals surface area contributed by atoms with Gasteiger partial charge >= 0.3 is 0 Å². The van der Waals surface area contributed by atoms with Crippen molar-refractivity contribution in [2.24, 2.45) is 0 Å². The summed E-state index contributed by atoms with van der Waals surface area (Å²) in [5.41, 5.74) is 4.85. The number of benzene rings is 1. The Labute approximate surface area is 112 Å². The van der Waals surface area contributed by atoms with Crippen molar-refractivity contribution >= 4 is 11.6 Å². The van der Waals surface area contributed by atoms with Crippen LogP contribution in [0.25, 0.3) is 5.69 Å². The molecule has 0 spiro atoms. The highest BCUT2D eigenvalue weighted by molar-refractivity contribution is 6.30. The molecule has 1 aromatic carbocycles. The molecule has 96 valence electrons. The van der Waals surface area contributed by atoms with Gasteiger partial charge in [-0.25, -0.2) is 4.68 Å². The highest BCUT2D eigenvalue weighted by atomic mass is 35.5. The Balaban J connectivity index is 2.60. The third kappa shape index (κ3) is 2.16. The summed E-state index contributed by atoms with van der Waals surface area (Å²) in [7, 11) is 0. The summed E-state index contributed by atoms with van der Waals surface area (Å²) in [5.74, 6) is 0. The molecule has 0 aliphatic carbocycles. The minimum Gasteiger partial charge on any atom is -0.391 e. The van der Waals surface area contributed by atoms with Gasteiger partial charge in [-0.05, 0) is 31.9 Å². The molecule has 1 aromatic heterocycles. The maximum absolute atomic E-state index is 9.37. The second-order valence-corrected chi connectivity index (χ2v) is 4.79. The van der Waals surface area contributed by atoms with Crippen molar-refractivity contribution in [3.63, 3.8) is 0 Å². The molecule has 0 aliphatic rings. The van der Waals surface area contributed by atoms with Crippen LogP contribution in [0.15, 0.2) is 18.2 Å². The molecule has 4 heteroatoms. The molecular weight excluding hydrogens is 248 g/mol. The average Bonchev–Trinajstić information content (AvgIpc) is 2.66. The summed E-state index contributed by atoms with van der Waals surface area (Å²) < 4.78 is 1.71. The predicted octanol–water partition coefficient (Wildman–Crippen LogP) is 3.20. The molecule has 0 saturated heterocycles. The van der Waals surface area contributed by atoms with Crippen LogP contribution in [-0.4, -0.2) is 14.9 Å². The summed E-state index contributed by atoms with van der Waals surface area (Å²) in [4.78, 5) is 0. The monoisotopic (exact) mass is 264 g/mol. The lowest BCUT2D eigenvalue weighted by Gasteiger charge is -2.08. The van der Waals surface area contributed by atoms with Crippen LogP contribution in [0, 0.1) is 13.8 Å². The van der Waals surface area contributed by atoms with Gasteiger partial charge in [0, 0.05) is 5.56 Å². The summed E-state index contributed by atoms with van der Waals surface area (Å²) in [5, 5.41) is 14.4. The summed E-state index contributed by atoms with van der Waals surface area (Å²) >= 11 is 6.30. The number of hydrogen-bond donors (Lipinski definition) is 1. The standard InChI is InChI=1S/C14H17ClN2O/c1-4-12-11(8-18)14(15)17(16-12)13-6-5-9(2)7-10(13)3/h5-7,18H,4,8H2,1-3H3. The quantitative estimate of drug-likeness (QED) is 0.925. The Morgan fingerprint density at radius 2 is 2.06 bits per heavy atom. The van der Waals surface area contributed by atoms with E-state index in [9.17, 15) is 5.11 Å². The first kappa shape index (κ1) is 13.1. The van der Waals surface area contributed by atoms with Crippen LogP contribution in [0.1, 0.15) is 29.3 Å². The fourth-order valence-corrected chi connectivity index (χ4v) is 2.41. The van der Waals surface area contributed by atoms with Gasteiger partial charge in [-0.2, -0.15) is 5.10 Å². The lowest BCUT2D eigenvalue weighted by Crippen LogP contribution is -2.00. The van der Waals surface area contributed by atoms with Crippen molar-refractivity contribution in [3.8, 4) is 5.69 Å². The molecule has 0 radical (unpaired) electrons. The van der Waals surface area contributed by atoms with E-state index in [2.05, 4.69) is 18.1 Å². The fraction of sp³-hybridized carbons (Fsp3) is 0.357. The van der Waals surface area contributed by atoms with E-state index >= 15 is 0 Å². The minimum absolute atomic E-state index is 0.0765. The Hall–Kier alpha value is -1.32. The second kappa shape index (κ2) is 5.12. The van der Waals surface area contributed by atoms with E-state index in [1.165, 1.54) is 5.56 Å². The molecule has 0 unspecified atom stereocenters. The molecule has 0 amide bonds. The molecular formula is C14H17ClN2O. The van der Waals surface area contributed by atoms with Gasteiger partial charge in [0.05, 0.1) is 18.0 Å². The van der Waals surface area contributed by atoms with Crippen molar-refractivity contribution in [1.29, 1.82) is 0 Å². The van der Waals surface area contributed by atoms with Crippen LogP contribution in [0.5, 0.6) is 0 Å². The van der Waals surface area contributed by atoms with E-state index in [4.69, 9.17) is 11.6 Å². The van der Waals surface area contributed by atoms with Crippen LogP contribution in [0.4, 0.5) is 0 Å². The van der Waals surface area contributed by atoms with E-state index in [-0.39, 0.29) is 6.61 Å². The van der Waals surface area contributed by atoms with Crippen LogP contribution >= 0.6 is 11.6 Å². The van der Waals surface area contributed by atoms with Gasteiger partial charge in [-0.3, -0.25) is 0 Å². The number of aryl methyl sites for hydroxylation is 3. The van der Waals surface area contributed by atoms with Crippen molar-refractivity contribution < 1.29 is 5.11 Å². The van der Waals surface area contributed by atoms with E-state index in [0.717, 1.165) is 28.9 Å². The predicted molar refractivity (Wildman–Crippen MR) is 73.3 cm³/mol. The lowest BCUT2D eigenvalue weighted by atomic mass is 10.1. The summed E-state index contributed by atoms with van der Waals surface area (Å²) in [6.45, 7) is 6.01. The average molecular weight is 265 g/mol. The van der Waals surface area contributed by atoms with Gasteiger partial charge in [0.15, 0.2) is 0 Å². The topological polar surface area (TPSA) is 38.0 Å². The third-order valence-corrected chi connectivity index (χ3v) is 3.47. The maximum Gasteiger partial charge on any atom is 0.138 e. The second-order valence-electron chi connectivity index (χ2n) is 4.43.